The summed E-state index contributed by atoms with van der Waals surface area (Å²) >= 11 is 1.17. The Morgan fingerprint density at radius 1 is 1.59 bits per heavy atom. The number of aliphatic carboxylic acids is 1. The minimum Gasteiger partial charge on any atom is -0.481 e. The van der Waals surface area contributed by atoms with Gasteiger partial charge in [0.2, 0.25) is 5.16 Å². The van der Waals surface area contributed by atoms with Crippen LogP contribution in [0.25, 0.3) is 0 Å². The van der Waals surface area contributed by atoms with Crippen molar-refractivity contribution in [1.29, 1.82) is 0 Å². The molecular weight excluding hydrogens is 240 g/mol. The normalized spacial score (nSPS) is 24.1. The largest absolute Gasteiger partial charge is 0.481 e. The Morgan fingerprint density at radius 3 is 3.06 bits per heavy atom. The Kier molecular flexibility index (Phi) is 3.98. The van der Waals surface area contributed by atoms with E-state index in [2.05, 4.69) is 22.4 Å². The summed E-state index contributed by atoms with van der Waals surface area (Å²) in [4.78, 5) is 10.5. The average Bonchev–Trinajstić information content (AvgIpc) is 2.87. The lowest BCUT2D eigenvalue weighted by atomic mass is 9.98. The Morgan fingerprint density at radius 2 is 2.41 bits per heavy atom. The van der Waals surface area contributed by atoms with E-state index in [0.29, 0.717) is 17.0 Å². The third-order valence-electron chi connectivity index (χ3n) is 3.27. The number of tetrazole rings is 1. The van der Waals surface area contributed by atoms with Crippen molar-refractivity contribution in [3.8, 4) is 0 Å². The number of hydrogen-bond acceptors (Lipinski definition) is 5. The molecule has 1 aliphatic carbocycles. The first-order valence-electron chi connectivity index (χ1n) is 5.77. The Balaban J connectivity index is 1.96. The second-order valence-corrected chi connectivity index (χ2v) is 5.44. The molecule has 0 saturated heterocycles. The zero-order chi connectivity index (χ0) is 12.3. The van der Waals surface area contributed by atoms with Gasteiger partial charge >= 0.3 is 5.97 Å². The highest BCUT2D eigenvalue weighted by Crippen LogP contribution is 2.32. The van der Waals surface area contributed by atoms with Crippen LogP contribution in [-0.4, -0.2) is 37.0 Å². The summed E-state index contributed by atoms with van der Waals surface area (Å²) < 4.78 is 1.74. The van der Waals surface area contributed by atoms with Gasteiger partial charge in [-0.15, -0.1) is 5.10 Å². The maximum Gasteiger partial charge on any atom is 0.313 e. The van der Waals surface area contributed by atoms with Crippen LogP contribution in [0.1, 0.15) is 26.2 Å². The number of hydrogen-bond donors (Lipinski definition) is 1. The molecule has 1 heterocycles. The Hall–Kier alpha value is -1.11. The Bertz CT molecular complexity index is 395. The van der Waals surface area contributed by atoms with Gasteiger partial charge in [-0.05, 0) is 28.7 Å². The predicted octanol–water partition coefficient (Wildman–Crippen LogP) is 1.29. The van der Waals surface area contributed by atoms with E-state index in [1.807, 2.05) is 0 Å². The van der Waals surface area contributed by atoms with E-state index in [1.54, 1.807) is 4.68 Å². The van der Waals surface area contributed by atoms with Gasteiger partial charge in [0, 0.05) is 6.54 Å². The first kappa shape index (κ1) is 12.3. The molecule has 0 aliphatic heterocycles. The number of aromatic nitrogens is 4. The van der Waals surface area contributed by atoms with Crippen molar-refractivity contribution in [3.63, 3.8) is 0 Å². The summed E-state index contributed by atoms with van der Waals surface area (Å²) in [5.41, 5.74) is 0. The molecule has 0 amide bonds. The lowest BCUT2D eigenvalue weighted by molar-refractivity contribution is -0.133. The molecule has 17 heavy (non-hydrogen) atoms. The Labute approximate surface area is 104 Å². The molecule has 94 valence electrons. The van der Waals surface area contributed by atoms with Crippen LogP contribution in [0.15, 0.2) is 5.16 Å². The topological polar surface area (TPSA) is 80.9 Å². The van der Waals surface area contributed by atoms with E-state index in [9.17, 15) is 4.79 Å². The van der Waals surface area contributed by atoms with Crippen LogP contribution in [0, 0.1) is 11.8 Å². The fraction of sp³-hybridized carbons (Fsp3) is 0.800. The fourth-order valence-electron chi connectivity index (χ4n) is 2.26. The molecule has 0 spiro atoms. The SMILES string of the molecule is CC1CCCC1Cn1nnnc1SCC(=O)O. The fourth-order valence-corrected chi connectivity index (χ4v) is 2.86. The maximum atomic E-state index is 10.5. The number of nitrogens with zero attached hydrogens (tertiary/aromatic N) is 4. The van der Waals surface area contributed by atoms with Gasteiger partial charge < -0.3 is 5.11 Å². The number of carbonyl (C=O) groups is 1. The van der Waals surface area contributed by atoms with Gasteiger partial charge in [-0.3, -0.25) is 4.79 Å². The molecular formula is C10H16N4O2S. The molecule has 1 saturated carbocycles. The van der Waals surface area contributed by atoms with Gasteiger partial charge in [0.1, 0.15) is 0 Å². The highest BCUT2D eigenvalue weighted by molar-refractivity contribution is 7.99. The van der Waals surface area contributed by atoms with E-state index in [1.165, 1.54) is 31.0 Å². The lowest BCUT2D eigenvalue weighted by Crippen LogP contribution is -2.15. The molecule has 1 fully saturated rings. The van der Waals surface area contributed by atoms with Gasteiger partial charge in [0.15, 0.2) is 0 Å². The van der Waals surface area contributed by atoms with E-state index in [4.69, 9.17) is 5.11 Å². The molecule has 0 bridgehead atoms. The maximum absolute atomic E-state index is 10.5. The molecule has 6 nitrogen and oxygen atoms in total. The van der Waals surface area contributed by atoms with Crippen LogP contribution < -0.4 is 0 Å². The van der Waals surface area contributed by atoms with Gasteiger partial charge in [-0.25, -0.2) is 4.68 Å². The lowest BCUT2D eigenvalue weighted by Gasteiger charge is -2.15. The molecule has 2 rings (SSSR count). The smallest absolute Gasteiger partial charge is 0.313 e. The number of carboxylic acid groups (broad SMARTS) is 1. The molecule has 7 heteroatoms. The minimum absolute atomic E-state index is 0.000589. The zero-order valence-electron chi connectivity index (χ0n) is 9.74. The van der Waals surface area contributed by atoms with Gasteiger partial charge in [-0.1, -0.05) is 31.5 Å². The minimum atomic E-state index is -0.848. The van der Waals surface area contributed by atoms with E-state index in [0.717, 1.165) is 6.54 Å². The summed E-state index contributed by atoms with van der Waals surface area (Å²) in [7, 11) is 0. The summed E-state index contributed by atoms with van der Waals surface area (Å²) in [6.45, 7) is 3.06. The number of thioether (sulfide) groups is 1. The molecule has 1 aliphatic rings. The first-order valence-corrected chi connectivity index (χ1v) is 6.76. The summed E-state index contributed by atoms with van der Waals surface area (Å²) in [5, 5.41) is 20.6. The van der Waals surface area contributed by atoms with Crippen molar-refractivity contribution in [2.24, 2.45) is 11.8 Å². The second-order valence-electron chi connectivity index (χ2n) is 4.49. The van der Waals surface area contributed by atoms with Crippen LogP contribution in [0.5, 0.6) is 0 Å². The van der Waals surface area contributed by atoms with Gasteiger partial charge in [-0.2, -0.15) is 0 Å². The highest BCUT2D eigenvalue weighted by atomic mass is 32.2. The molecule has 2 atom stereocenters. The van der Waals surface area contributed by atoms with Crippen molar-refractivity contribution in [2.75, 3.05) is 5.75 Å². The summed E-state index contributed by atoms with van der Waals surface area (Å²) in [6.07, 6.45) is 3.75. The third-order valence-corrected chi connectivity index (χ3v) is 4.21. The van der Waals surface area contributed by atoms with Crippen LogP contribution in [0.2, 0.25) is 0 Å². The second kappa shape index (κ2) is 5.48. The molecule has 2 unspecified atom stereocenters. The molecule has 0 radical (unpaired) electrons. The molecule has 1 N–H and O–H groups in total. The van der Waals surface area contributed by atoms with Crippen LogP contribution in [0.4, 0.5) is 0 Å². The number of rotatable bonds is 5. The van der Waals surface area contributed by atoms with E-state index < -0.39 is 5.97 Å². The number of carboxylic acids is 1. The quantitative estimate of drug-likeness (QED) is 0.799. The van der Waals surface area contributed by atoms with Crippen molar-refractivity contribution < 1.29 is 9.90 Å². The van der Waals surface area contributed by atoms with Crippen molar-refractivity contribution in [2.45, 2.75) is 37.9 Å². The van der Waals surface area contributed by atoms with Crippen molar-refractivity contribution in [3.05, 3.63) is 0 Å². The standard InChI is InChI=1S/C10H16N4O2S/c1-7-3-2-4-8(7)5-14-10(11-12-13-14)17-6-9(15)16/h7-8H,2-6H2,1H3,(H,15,16). The van der Waals surface area contributed by atoms with E-state index >= 15 is 0 Å². The van der Waals surface area contributed by atoms with Crippen molar-refractivity contribution >= 4 is 17.7 Å². The first-order chi connectivity index (χ1) is 8.16. The summed E-state index contributed by atoms with van der Waals surface area (Å²) in [5.74, 6) is 0.471. The average molecular weight is 256 g/mol. The van der Waals surface area contributed by atoms with Crippen LogP contribution >= 0.6 is 11.8 Å². The van der Waals surface area contributed by atoms with Gasteiger partial charge in [0.25, 0.3) is 0 Å². The third kappa shape index (κ3) is 3.18. The summed E-state index contributed by atoms with van der Waals surface area (Å²) in [6, 6.07) is 0. The molecule has 1 aromatic heterocycles. The van der Waals surface area contributed by atoms with Crippen molar-refractivity contribution in [1.82, 2.24) is 20.2 Å². The highest BCUT2D eigenvalue weighted by Gasteiger charge is 2.25. The predicted molar refractivity (Wildman–Crippen MR) is 62.7 cm³/mol. The van der Waals surface area contributed by atoms with Crippen LogP contribution in [-0.2, 0) is 11.3 Å². The monoisotopic (exact) mass is 256 g/mol. The molecule has 0 aromatic carbocycles. The molecule has 1 aromatic rings. The van der Waals surface area contributed by atoms with Gasteiger partial charge in [0.05, 0.1) is 5.75 Å². The van der Waals surface area contributed by atoms with E-state index in [-0.39, 0.29) is 5.75 Å². The zero-order valence-corrected chi connectivity index (χ0v) is 10.6. The van der Waals surface area contributed by atoms with Crippen LogP contribution in [0.3, 0.4) is 0 Å².